The van der Waals surface area contributed by atoms with Gasteiger partial charge < -0.3 is 5.32 Å². The van der Waals surface area contributed by atoms with Crippen molar-refractivity contribution in [1.82, 2.24) is 15.1 Å². The maximum Gasteiger partial charge on any atom is 0.220 e. The molecule has 0 aliphatic carbocycles. The molecule has 1 amide bonds. The molecule has 1 aromatic rings. The fourth-order valence-corrected chi connectivity index (χ4v) is 5.46. The Kier molecular flexibility index (Phi) is 5.42. The standard InChI is InChI=1S/C17H29N3O3S/c1-12(2)10-20-14(4)15(13(3)19-20)6-7-16(21)18-17(5)8-9-24(22,23)11-17/h12H,6-11H2,1-5H3,(H,18,21). The lowest BCUT2D eigenvalue weighted by Crippen LogP contribution is -2.47. The van der Waals surface area contributed by atoms with E-state index < -0.39 is 15.4 Å². The molecule has 1 aliphatic rings. The van der Waals surface area contributed by atoms with Gasteiger partial charge in [-0.15, -0.1) is 0 Å². The summed E-state index contributed by atoms with van der Waals surface area (Å²) in [7, 11) is -3.02. The highest BCUT2D eigenvalue weighted by Crippen LogP contribution is 2.23. The second-order valence-electron chi connectivity index (χ2n) is 7.68. The van der Waals surface area contributed by atoms with Gasteiger partial charge in [-0.3, -0.25) is 9.48 Å². The summed E-state index contributed by atoms with van der Waals surface area (Å²) in [5.74, 6) is 0.619. The Bertz CT molecular complexity index is 722. The molecular weight excluding hydrogens is 326 g/mol. The van der Waals surface area contributed by atoms with Gasteiger partial charge in [-0.25, -0.2) is 8.42 Å². The summed E-state index contributed by atoms with van der Waals surface area (Å²) in [5, 5.41) is 7.48. The molecule has 0 spiro atoms. The lowest BCUT2D eigenvalue weighted by atomic mass is 10.0. The molecule has 1 saturated heterocycles. The van der Waals surface area contributed by atoms with Crippen LogP contribution in [-0.2, 0) is 27.6 Å². The molecule has 1 unspecified atom stereocenters. The second kappa shape index (κ2) is 6.86. The van der Waals surface area contributed by atoms with Gasteiger partial charge in [0.05, 0.1) is 22.7 Å². The van der Waals surface area contributed by atoms with Crippen molar-refractivity contribution in [2.24, 2.45) is 5.92 Å². The zero-order valence-corrected chi connectivity index (χ0v) is 16.2. The van der Waals surface area contributed by atoms with E-state index in [1.165, 1.54) is 0 Å². The van der Waals surface area contributed by atoms with Gasteiger partial charge in [-0.05, 0) is 45.1 Å². The molecule has 6 nitrogen and oxygen atoms in total. The maximum absolute atomic E-state index is 12.3. The van der Waals surface area contributed by atoms with Crippen molar-refractivity contribution in [2.75, 3.05) is 11.5 Å². The van der Waals surface area contributed by atoms with Crippen LogP contribution in [0.4, 0.5) is 0 Å². The van der Waals surface area contributed by atoms with E-state index in [4.69, 9.17) is 0 Å². The molecule has 7 heteroatoms. The minimum absolute atomic E-state index is 0.0378. The van der Waals surface area contributed by atoms with Crippen LogP contribution < -0.4 is 5.32 Å². The van der Waals surface area contributed by atoms with E-state index in [9.17, 15) is 13.2 Å². The number of carbonyl (C=O) groups excluding carboxylic acids is 1. The summed E-state index contributed by atoms with van der Waals surface area (Å²) in [6.07, 6.45) is 1.47. The van der Waals surface area contributed by atoms with E-state index in [1.54, 1.807) is 0 Å². The molecule has 0 aromatic carbocycles. The van der Waals surface area contributed by atoms with Crippen molar-refractivity contribution >= 4 is 15.7 Å². The van der Waals surface area contributed by atoms with Crippen LogP contribution in [0.1, 0.15) is 50.6 Å². The van der Waals surface area contributed by atoms with Crippen LogP contribution in [0.2, 0.25) is 0 Å². The number of nitrogens with one attached hydrogen (secondary N) is 1. The average Bonchev–Trinajstić information content (AvgIpc) is 2.84. The molecule has 24 heavy (non-hydrogen) atoms. The van der Waals surface area contributed by atoms with Crippen LogP contribution in [0.3, 0.4) is 0 Å². The van der Waals surface area contributed by atoms with Gasteiger partial charge in [-0.2, -0.15) is 5.10 Å². The Hall–Kier alpha value is -1.37. The van der Waals surface area contributed by atoms with Crippen LogP contribution in [0.15, 0.2) is 0 Å². The Morgan fingerprint density at radius 2 is 2.04 bits per heavy atom. The summed E-state index contributed by atoms with van der Waals surface area (Å²) in [4.78, 5) is 12.3. The molecule has 2 rings (SSSR count). The fraction of sp³-hybridized carbons (Fsp3) is 0.765. The van der Waals surface area contributed by atoms with E-state index in [0.29, 0.717) is 25.2 Å². The minimum atomic E-state index is -3.02. The third kappa shape index (κ3) is 4.59. The molecule has 1 N–H and O–H groups in total. The third-order valence-electron chi connectivity index (χ3n) is 4.62. The molecule has 1 aliphatic heterocycles. The number of amides is 1. The highest BCUT2D eigenvalue weighted by molar-refractivity contribution is 7.91. The average molecular weight is 356 g/mol. The van der Waals surface area contributed by atoms with Crippen LogP contribution in [0, 0.1) is 19.8 Å². The van der Waals surface area contributed by atoms with Gasteiger partial charge in [0.1, 0.15) is 0 Å². The SMILES string of the molecule is Cc1nn(CC(C)C)c(C)c1CCC(=O)NC1(C)CCS(=O)(=O)C1. The van der Waals surface area contributed by atoms with Crippen LogP contribution in [0.5, 0.6) is 0 Å². The molecule has 2 heterocycles. The van der Waals surface area contributed by atoms with Gasteiger partial charge in [0.2, 0.25) is 5.91 Å². The zero-order chi connectivity index (χ0) is 18.1. The number of nitrogens with zero attached hydrogens (tertiary/aromatic N) is 2. The number of aryl methyl sites for hydroxylation is 1. The molecule has 0 radical (unpaired) electrons. The quantitative estimate of drug-likeness (QED) is 0.843. The summed E-state index contributed by atoms with van der Waals surface area (Å²) in [6, 6.07) is 0. The topological polar surface area (TPSA) is 81.1 Å². The maximum atomic E-state index is 12.3. The van der Waals surface area contributed by atoms with E-state index in [1.807, 2.05) is 25.5 Å². The minimum Gasteiger partial charge on any atom is -0.350 e. The van der Waals surface area contributed by atoms with Gasteiger partial charge in [-0.1, -0.05) is 13.8 Å². The van der Waals surface area contributed by atoms with Gasteiger partial charge in [0.25, 0.3) is 0 Å². The van der Waals surface area contributed by atoms with Crippen molar-refractivity contribution in [3.63, 3.8) is 0 Å². The first-order valence-electron chi connectivity index (χ1n) is 8.56. The van der Waals surface area contributed by atoms with Crippen LogP contribution in [-0.4, -0.2) is 41.2 Å². The smallest absolute Gasteiger partial charge is 0.220 e. The van der Waals surface area contributed by atoms with Gasteiger partial charge >= 0.3 is 0 Å². The number of rotatable bonds is 6. The van der Waals surface area contributed by atoms with Crippen molar-refractivity contribution in [1.29, 1.82) is 0 Å². The van der Waals surface area contributed by atoms with Crippen LogP contribution >= 0.6 is 0 Å². The first-order valence-corrected chi connectivity index (χ1v) is 10.4. The van der Waals surface area contributed by atoms with Gasteiger partial charge in [0.15, 0.2) is 9.84 Å². The number of sulfone groups is 1. The van der Waals surface area contributed by atoms with Gasteiger partial charge in [0, 0.05) is 18.7 Å². The molecule has 1 fully saturated rings. The van der Waals surface area contributed by atoms with E-state index in [-0.39, 0.29) is 17.4 Å². The Morgan fingerprint density at radius 3 is 2.58 bits per heavy atom. The molecule has 0 saturated carbocycles. The summed E-state index contributed by atoms with van der Waals surface area (Å²) in [6.45, 7) is 11.0. The number of carbonyl (C=O) groups is 1. The predicted molar refractivity (Wildman–Crippen MR) is 94.7 cm³/mol. The van der Waals surface area contributed by atoms with Crippen molar-refractivity contribution < 1.29 is 13.2 Å². The predicted octanol–water partition coefficient (Wildman–Crippen LogP) is 1.78. The number of hydrogen-bond donors (Lipinski definition) is 1. The van der Waals surface area contributed by atoms with E-state index >= 15 is 0 Å². The summed E-state index contributed by atoms with van der Waals surface area (Å²) >= 11 is 0. The Balaban J connectivity index is 1.96. The highest BCUT2D eigenvalue weighted by Gasteiger charge is 2.39. The Morgan fingerprint density at radius 1 is 1.38 bits per heavy atom. The summed E-state index contributed by atoms with van der Waals surface area (Å²) in [5.41, 5.74) is 2.58. The van der Waals surface area contributed by atoms with Crippen molar-refractivity contribution in [2.45, 2.75) is 66.0 Å². The normalized spacial score (nSPS) is 22.9. The second-order valence-corrected chi connectivity index (χ2v) is 9.86. The van der Waals surface area contributed by atoms with E-state index in [0.717, 1.165) is 23.5 Å². The first kappa shape index (κ1) is 19.0. The molecule has 136 valence electrons. The van der Waals surface area contributed by atoms with Crippen molar-refractivity contribution in [3.05, 3.63) is 17.0 Å². The lowest BCUT2D eigenvalue weighted by Gasteiger charge is -2.23. The monoisotopic (exact) mass is 355 g/mol. The third-order valence-corrected chi connectivity index (χ3v) is 6.52. The lowest BCUT2D eigenvalue weighted by molar-refractivity contribution is -0.122. The van der Waals surface area contributed by atoms with Crippen molar-refractivity contribution in [3.8, 4) is 0 Å². The van der Waals surface area contributed by atoms with Crippen LogP contribution in [0.25, 0.3) is 0 Å². The Labute approximate surface area is 144 Å². The molecular formula is C17H29N3O3S. The number of hydrogen-bond acceptors (Lipinski definition) is 4. The largest absolute Gasteiger partial charge is 0.350 e. The molecule has 0 bridgehead atoms. The first-order chi connectivity index (χ1) is 11.0. The van der Waals surface area contributed by atoms with E-state index in [2.05, 4.69) is 24.3 Å². The highest BCUT2D eigenvalue weighted by atomic mass is 32.2. The zero-order valence-electron chi connectivity index (χ0n) is 15.3. The number of aromatic nitrogens is 2. The molecule has 1 atom stereocenters. The summed E-state index contributed by atoms with van der Waals surface area (Å²) < 4.78 is 25.3. The fourth-order valence-electron chi connectivity index (χ4n) is 3.37. The molecule has 1 aromatic heterocycles.